The van der Waals surface area contributed by atoms with Crippen molar-refractivity contribution in [1.82, 2.24) is 10.6 Å². The molecule has 2 N–H and O–H groups in total. The van der Waals surface area contributed by atoms with Crippen LogP contribution in [0.15, 0.2) is 30.3 Å². The molecule has 1 aromatic carbocycles. The maximum absolute atomic E-state index is 13.6. The molecule has 5 heteroatoms. The molecule has 1 saturated carbocycles. The van der Waals surface area contributed by atoms with Gasteiger partial charge in [-0.2, -0.15) is 13.2 Å². The highest BCUT2D eigenvalue weighted by Crippen LogP contribution is 2.52. The summed E-state index contributed by atoms with van der Waals surface area (Å²) in [5.41, 5.74) is -1.64. The number of nitrogens with one attached hydrogen (secondary N) is 2. The maximum Gasteiger partial charge on any atom is 0.408 e. The van der Waals surface area contributed by atoms with Gasteiger partial charge in [0.25, 0.3) is 0 Å². The van der Waals surface area contributed by atoms with Crippen molar-refractivity contribution in [2.24, 2.45) is 0 Å². The predicted octanol–water partition coefficient (Wildman–Crippen LogP) is 2.99. The molecule has 2 fully saturated rings. The number of benzene rings is 1. The highest BCUT2D eigenvalue weighted by atomic mass is 19.4. The van der Waals surface area contributed by atoms with Gasteiger partial charge >= 0.3 is 6.18 Å². The fourth-order valence-electron chi connectivity index (χ4n) is 3.83. The van der Waals surface area contributed by atoms with E-state index in [4.69, 9.17) is 0 Å². The number of rotatable bonds is 2. The fourth-order valence-corrected chi connectivity index (χ4v) is 3.83. The second-order valence-electron chi connectivity index (χ2n) is 6.12. The predicted molar refractivity (Wildman–Crippen MR) is 71.2 cm³/mol. The molecule has 1 aromatic rings. The van der Waals surface area contributed by atoms with Crippen LogP contribution in [-0.2, 0) is 6.42 Å². The summed E-state index contributed by atoms with van der Waals surface area (Å²) in [4.78, 5) is 0. The van der Waals surface area contributed by atoms with Gasteiger partial charge in [0.05, 0.1) is 6.17 Å². The number of halogens is 3. The van der Waals surface area contributed by atoms with Crippen LogP contribution in [0.2, 0.25) is 0 Å². The molecule has 1 heterocycles. The summed E-state index contributed by atoms with van der Waals surface area (Å²) in [6.07, 6.45) is -2.67. The van der Waals surface area contributed by atoms with Crippen LogP contribution in [0.1, 0.15) is 31.7 Å². The quantitative estimate of drug-likeness (QED) is 0.872. The molecular formula is C15H19F3N2. The van der Waals surface area contributed by atoms with E-state index in [1.165, 1.54) is 0 Å². The van der Waals surface area contributed by atoms with Crippen molar-refractivity contribution in [3.05, 3.63) is 35.9 Å². The molecule has 1 aliphatic carbocycles. The molecule has 0 aromatic heterocycles. The molecule has 110 valence electrons. The Morgan fingerprint density at radius 3 is 2.45 bits per heavy atom. The second-order valence-corrected chi connectivity index (χ2v) is 6.12. The van der Waals surface area contributed by atoms with E-state index in [9.17, 15) is 13.2 Å². The lowest BCUT2D eigenvalue weighted by molar-refractivity contribution is -0.202. The van der Waals surface area contributed by atoms with Crippen molar-refractivity contribution < 1.29 is 13.2 Å². The molecule has 3 unspecified atom stereocenters. The Labute approximate surface area is 116 Å². The highest BCUT2D eigenvalue weighted by Gasteiger charge is 2.70. The first kappa shape index (κ1) is 13.9. The summed E-state index contributed by atoms with van der Waals surface area (Å²) < 4.78 is 40.7. The zero-order valence-corrected chi connectivity index (χ0v) is 11.4. The maximum atomic E-state index is 13.6. The van der Waals surface area contributed by atoms with Crippen molar-refractivity contribution in [3.8, 4) is 0 Å². The Hall–Kier alpha value is -1.07. The first-order valence-corrected chi connectivity index (χ1v) is 7.02. The SMILES string of the molecule is CC12CCCC1(C(F)(F)F)NC(Cc1ccccc1)N2. The number of alkyl halides is 3. The molecule has 3 rings (SSSR count). The lowest BCUT2D eigenvalue weighted by atomic mass is 9.82. The first-order valence-electron chi connectivity index (χ1n) is 7.02. The number of fused-ring (bicyclic) bond motifs is 1. The van der Waals surface area contributed by atoms with Crippen LogP contribution in [0, 0.1) is 0 Å². The van der Waals surface area contributed by atoms with Crippen LogP contribution >= 0.6 is 0 Å². The van der Waals surface area contributed by atoms with Gasteiger partial charge in [-0.15, -0.1) is 0 Å². The Morgan fingerprint density at radius 2 is 1.85 bits per heavy atom. The van der Waals surface area contributed by atoms with Gasteiger partial charge in [0, 0.05) is 12.0 Å². The minimum Gasteiger partial charge on any atom is -0.294 e. The van der Waals surface area contributed by atoms with Crippen molar-refractivity contribution in [3.63, 3.8) is 0 Å². The summed E-state index contributed by atoms with van der Waals surface area (Å²) in [6, 6.07) is 9.62. The normalized spacial score (nSPS) is 37.1. The van der Waals surface area contributed by atoms with E-state index in [0.717, 1.165) is 5.56 Å². The van der Waals surface area contributed by atoms with Crippen molar-refractivity contribution >= 4 is 0 Å². The topological polar surface area (TPSA) is 24.1 Å². The standard InChI is InChI=1S/C15H19F3N2/c1-13-8-5-9-14(13,15(16,17)18)20-12(19-13)10-11-6-3-2-4-7-11/h2-4,6-7,12,19-20H,5,8-10H2,1H3. The lowest BCUT2D eigenvalue weighted by Gasteiger charge is -2.38. The number of hydrogen-bond donors (Lipinski definition) is 2. The van der Waals surface area contributed by atoms with E-state index in [2.05, 4.69) is 10.6 Å². The van der Waals surface area contributed by atoms with Crippen LogP contribution < -0.4 is 10.6 Å². The third kappa shape index (κ3) is 1.95. The average Bonchev–Trinajstić information content (AvgIpc) is 2.80. The third-order valence-corrected chi connectivity index (χ3v) is 4.85. The van der Waals surface area contributed by atoms with Gasteiger partial charge in [0.2, 0.25) is 0 Å². The smallest absolute Gasteiger partial charge is 0.294 e. The largest absolute Gasteiger partial charge is 0.408 e. The average molecular weight is 284 g/mol. The Kier molecular flexibility index (Phi) is 3.10. The molecule has 0 spiro atoms. The van der Waals surface area contributed by atoms with Crippen LogP contribution in [0.4, 0.5) is 13.2 Å². The summed E-state index contributed by atoms with van der Waals surface area (Å²) in [6.45, 7) is 1.70. The van der Waals surface area contributed by atoms with Gasteiger partial charge in [-0.25, -0.2) is 0 Å². The van der Waals surface area contributed by atoms with Crippen molar-refractivity contribution in [1.29, 1.82) is 0 Å². The van der Waals surface area contributed by atoms with E-state index in [1.54, 1.807) is 6.92 Å². The summed E-state index contributed by atoms with van der Waals surface area (Å²) in [5.74, 6) is 0. The van der Waals surface area contributed by atoms with E-state index in [1.807, 2.05) is 30.3 Å². The molecule has 2 aliphatic rings. The van der Waals surface area contributed by atoms with Crippen molar-refractivity contribution in [2.75, 3.05) is 0 Å². The van der Waals surface area contributed by atoms with E-state index in [-0.39, 0.29) is 12.6 Å². The minimum atomic E-state index is -4.23. The van der Waals surface area contributed by atoms with E-state index < -0.39 is 17.3 Å². The zero-order chi connectivity index (χ0) is 14.4. The zero-order valence-electron chi connectivity index (χ0n) is 11.4. The molecular weight excluding hydrogens is 265 g/mol. The lowest BCUT2D eigenvalue weighted by Crippen LogP contribution is -2.63. The second kappa shape index (κ2) is 4.46. The molecule has 0 radical (unpaired) electrons. The van der Waals surface area contributed by atoms with Gasteiger partial charge in [0.1, 0.15) is 5.54 Å². The van der Waals surface area contributed by atoms with Gasteiger partial charge in [-0.3, -0.25) is 10.6 Å². The van der Waals surface area contributed by atoms with E-state index >= 15 is 0 Å². The summed E-state index contributed by atoms with van der Waals surface area (Å²) in [5, 5.41) is 6.05. The Morgan fingerprint density at radius 1 is 1.15 bits per heavy atom. The highest BCUT2D eigenvalue weighted by molar-refractivity contribution is 5.24. The Bertz CT molecular complexity index is 488. The molecule has 1 aliphatic heterocycles. The minimum absolute atomic E-state index is 0.158. The molecule has 0 bridgehead atoms. The summed E-state index contributed by atoms with van der Waals surface area (Å²) in [7, 11) is 0. The van der Waals surface area contributed by atoms with Crippen LogP contribution in [0.3, 0.4) is 0 Å². The molecule has 1 saturated heterocycles. The van der Waals surface area contributed by atoms with E-state index in [0.29, 0.717) is 19.3 Å². The van der Waals surface area contributed by atoms with Crippen LogP contribution in [0.25, 0.3) is 0 Å². The van der Waals surface area contributed by atoms with Crippen LogP contribution in [-0.4, -0.2) is 23.4 Å². The molecule has 20 heavy (non-hydrogen) atoms. The van der Waals surface area contributed by atoms with Gasteiger partial charge in [-0.1, -0.05) is 30.3 Å². The van der Waals surface area contributed by atoms with Crippen molar-refractivity contribution in [2.45, 2.75) is 56.0 Å². The molecule has 3 atom stereocenters. The molecule has 0 amide bonds. The van der Waals surface area contributed by atoms with Crippen LogP contribution in [0.5, 0.6) is 0 Å². The Balaban J connectivity index is 1.83. The molecule has 2 nitrogen and oxygen atoms in total. The van der Waals surface area contributed by atoms with Gasteiger partial charge < -0.3 is 0 Å². The van der Waals surface area contributed by atoms with Gasteiger partial charge in [-0.05, 0) is 31.7 Å². The number of hydrogen-bond acceptors (Lipinski definition) is 2. The monoisotopic (exact) mass is 284 g/mol. The van der Waals surface area contributed by atoms with Gasteiger partial charge in [0.15, 0.2) is 0 Å². The first-order chi connectivity index (χ1) is 9.36. The fraction of sp³-hybridized carbons (Fsp3) is 0.600. The third-order valence-electron chi connectivity index (χ3n) is 4.85. The summed E-state index contributed by atoms with van der Waals surface area (Å²) >= 11 is 0.